The molecule has 1 atom stereocenters. The average Bonchev–Trinajstić information content (AvgIpc) is 2.04. The first-order valence-corrected chi connectivity index (χ1v) is 5.46. The Morgan fingerprint density at radius 2 is 2.15 bits per heavy atom. The van der Waals surface area contributed by atoms with Gasteiger partial charge < -0.3 is 5.32 Å². The normalized spacial score (nSPS) is 26.6. The molecule has 0 aliphatic carbocycles. The maximum absolute atomic E-state index is 12.1. The van der Waals surface area contributed by atoms with Crippen LogP contribution in [0.15, 0.2) is 0 Å². The van der Waals surface area contributed by atoms with Crippen LogP contribution in [0.1, 0.15) is 6.92 Å². The van der Waals surface area contributed by atoms with Crippen LogP contribution in [0.25, 0.3) is 0 Å². The van der Waals surface area contributed by atoms with E-state index in [1.807, 2.05) is 0 Å². The highest BCUT2D eigenvalue weighted by Gasteiger charge is 2.36. The fourth-order valence-electron chi connectivity index (χ4n) is 1.30. The van der Waals surface area contributed by atoms with Crippen LogP contribution in [-0.2, 0) is 10.0 Å². The van der Waals surface area contributed by atoms with Crippen molar-refractivity contribution >= 4 is 10.0 Å². The molecule has 1 aliphatic rings. The third kappa shape index (κ3) is 2.15. The molecule has 7 heteroatoms. The number of halogens is 2. The van der Waals surface area contributed by atoms with Crippen molar-refractivity contribution in [2.45, 2.75) is 18.7 Å². The van der Waals surface area contributed by atoms with E-state index in [2.05, 4.69) is 5.32 Å². The van der Waals surface area contributed by atoms with E-state index in [4.69, 9.17) is 0 Å². The van der Waals surface area contributed by atoms with Crippen molar-refractivity contribution < 1.29 is 17.2 Å². The minimum atomic E-state index is -4.39. The van der Waals surface area contributed by atoms with Crippen LogP contribution in [0.4, 0.5) is 8.78 Å². The Balaban J connectivity index is 2.80. The van der Waals surface area contributed by atoms with Gasteiger partial charge in [0.25, 0.3) is 10.0 Å². The molecule has 0 aromatic carbocycles. The molecule has 0 radical (unpaired) electrons. The molecular weight excluding hydrogens is 202 g/mol. The van der Waals surface area contributed by atoms with Gasteiger partial charge in [0.15, 0.2) is 0 Å². The van der Waals surface area contributed by atoms with Gasteiger partial charge in [-0.3, -0.25) is 0 Å². The summed E-state index contributed by atoms with van der Waals surface area (Å²) in [4.78, 5) is 0. The van der Waals surface area contributed by atoms with Gasteiger partial charge in [-0.2, -0.15) is 13.1 Å². The number of rotatable bonds is 2. The zero-order valence-corrected chi connectivity index (χ0v) is 8.02. The van der Waals surface area contributed by atoms with E-state index in [9.17, 15) is 17.2 Å². The lowest BCUT2D eigenvalue weighted by Gasteiger charge is -2.32. The lowest BCUT2D eigenvalue weighted by atomic mass is 10.3. The van der Waals surface area contributed by atoms with E-state index in [0.29, 0.717) is 13.1 Å². The predicted molar refractivity (Wildman–Crippen MR) is 44.0 cm³/mol. The smallest absolute Gasteiger partial charge is 0.314 e. The SMILES string of the molecule is CC1CNCCN1S(=O)(=O)C(F)F. The summed E-state index contributed by atoms with van der Waals surface area (Å²) < 4.78 is 47.2. The average molecular weight is 214 g/mol. The highest BCUT2D eigenvalue weighted by Crippen LogP contribution is 2.16. The molecule has 1 N–H and O–H groups in total. The number of nitrogens with one attached hydrogen (secondary N) is 1. The molecule has 1 fully saturated rings. The number of nitrogens with zero attached hydrogens (tertiary/aromatic N) is 1. The van der Waals surface area contributed by atoms with Crippen molar-refractivity contribution in [2.75, 3.05) is 19.6 Å². The summed E-state index contributed by atoms with van der Waals surface area (Å²) in [5.41, 5.74) is 0. The fraction of sp³-hybridized carbons (Fsp3) is 1.00. The molecule has 0 saturated carbocycles. The molecule has 0 spiro atoms. The van der Waals surface area contributed by atoms with Crippen LogP contribution < -0.4 is 5.32 Å². The van der Waals surface area contributed by atoms with E-state index in [1.54, 1.807) is 6.92 Å². The molecule has 1 unspecified atom stereocenters. The number of hydrogen-bond acceptors (Lipinski definition) is 3. The molecular formula is C6H12F2N2O2S. The first-order chi connectivity index (χ1) is 5.96. The maximum atomic E-state index is 12.1. The van der Waals surface area contributed by atoms with Gasteiger partial charge in [-0.15, -0.1) is 0 Å². The highest BCUT2D eigenvalue weighted by molar-refractivity contribution is 7.89. The largest absolute Gasteiger partial charge is 0.350 e. The lowest BCUT2D eigenvalue weighted by Crippen LogP contribution is -2.53. The van der Waals surface area contributed by atoms with Gasteiger partial charge in [-0.05, 0) is 6.92 Å². The van der Waals surface area contributed by atoms with Crippen molar-refractivity contribution in [3.63, 3.8) is 0 Å². The Kier molecular flexibility index (Phi) is 3.20. The Hall–Kier alpha value is -0.270. The first-order valence-electron chi connectivity index (χ1n) is 3.96. The monoisotopic (exact) mass is 214 g/mol. The van der Waals surface area contributed by atoms with Gasteiger partial charge in [-0.1, -0.05) is 0 Å². The highest BCUT2D eigenvalue weighted by atomic mass is 32.2. The van der Waals surface area contributed by atoms with E-state index in [1.165, 1.54) is 0 Å². The predicted octanol–water partition coefficient (Wildman–Crippen LogP) is -0.167. The molecule has 1 heterocycles. The second kappa shape index (κ2) is 3.85. The van der Waals surface area contributed by atoms with Gasteiger partial charge in [-0.25, -0.2) is 8.42 Å². The lowest BCUT2D eigenvalue weighted by molar-refractivity contribution is 0.201. The fourth-order valence-corrected chi connectivity index (χ4v) is 2.43. The molecule has 4 nitrogen and oxygen atoms in total. The van der Waals surface area contributed by atoms with Crippen LogP contribution >= 0.6 is 0 Å². The molecule has 1 saturated heterocycles. The molecule has 0 bridgehead atoms. The Morgan fingerprint density at radius 3 is 2.62 bits per heavy atom. The maximum Gasteiger partial charge on any atom is 0.350 e. The topological polar surface area (TPSA) is 49.4 Å². The Morgan fingerprint density at radius 1 is 1.54 bits per heavy atom. The van der Waals surface area contributed by atoms with Gasteiger partial charge in [0.2, 0.25) is 0 Å². The van der Waals surface area contributed by atoms with Crippen LogP contribution in [0.2, 0.25) is 0 Å². The van der Waals surface area contributed by atoms with Gasteiger partial charge in [0, 0.05) is 25.7 Å². The summed E-state index contributed by atoms with van der Waals surface area (Å²) in [6.07, 6.45) is 0. The number of piperazine rings is 1. The summed E-state index contributed by atoms with van der Waals surface area (Å²) in [5, 5.41) is 2.92. The number of alkyl halides is 2. The third-order valence-corrected chi connectivity index (χ3v) is 3.64. The standard InChI is InChI=1S/C6H12F2N2O2S/c1-5-4-9-2-3-10(5)13(11,12)6(7)8/h5-6,9H,2-4H2,1H3. The van der Waals surface area contributed by atoms with Crippen molar-refractivity contribution in [1.82, 2.24) is 9.62 Å². The van der Waals surface area contributed by atoms with Crippen molar-refractivity contribution in [2.24, 2.45) is 0 Å². The molecule has 1 rings (SSSR count). The third-order valence-electron chi connectivity index (χ3n) is 1.99. The quantitative estimate of drug-likeness (QED) is 0.694. The summed E-state index contributed by atoms with van der Waals surface area (Å²) in [6.45, 7) is 2.57. The molecule has 0 aromatic heterocycles. The van der Waals surface area contributed by atoms with E-state index < -0.39 is 21.8 Å². The molecule has 1 aliphatic heterocycles. The second-order valence-corrected chi connectivity index (χ2v) is 4.82. The van der Waals surface area contributed by atoms with Crippen LogP contribution in [0.3, 0.4) is 0 Å². The van der Waals surface area contributed by atoms with Crippen molar-refractivity contribution in [1.29, 1.82) is 0 Å². The molecule has 78 valence electrons. The van der Waals surface area contributed by atoms with Crippen LogP contribution in [0, 0.1) is 0 Å². The second-order valence-electron chi connectivity index (χ2n) is 2.97. The Bertz CT molecular complexity index is 268. The van der Waals surface area contributed by atoms with Gasteiger partial charge >= 0.3 is 5.76 Å². The van der Waals surface area contributed by atoms with Gasteiger partial charge in [0.05, 0.1) is 0 Å². The summed E-state index contributed by atoms with van der Waals surface area (Å²) in [6, 6.07) is -0.396. The Labute approximate surface area is 76.0 Å². The van der Waals surface area contributed by atoms with Gasteiger partial charge in [0.1, 0.15) is 0 Å². The van der Waals surface area contributed by atoms with Crippen LogP contribution in [0.5, 0.6) is 0 Å². The van der Waals surface area contributed by atoms with E-state index in [-0.39, 0.29) is 6.54 Å². The molecule has 0 amide bonds. The van der Waals surface area contributed by atoms with Crippen molar-refractivity contribution in [3.05, 3.63) is 0 Å². The number of sulfonamides is 1. The minimum Gasteiger partial charge on any atom is -0.314 e. The van der Waals surface area contributed by atoms with E-state index in [0.717, 1.165) is 4.31 Å². The zero-order valence-electron chi connectivity index (χ0n) is 7.20. The summed E-state index contributed by atoms with van der Waals surface area (Å²) >= 11 is 0. The molecule has 13 heavy (non-hydrogen) atoms. The van der Waals surface area contributed by atoms with E-state index >= 15 is 0 Å². The summed E-state index contributed by atoms with van der Waals surface area (Å²) in [7, 11) is -4.39. The number of hydrogen-bond donors (Lipinski definition) is 1. The van der Waals surface area contributed by atoms with Crippen LogP contribution in [-0.4, -0.2) is 44.2 Å². The minimum absolute atomic E-state index is 0.119. The van der Waals surface area contributed by atoms with Crippen molar-refractivity contribution in [3.8, 4) is 0 Å². The zero-order chi connectivity index (χ0) is 10.1. The first kappa shape index (κ1) is 10.8. The molecule has 0 aromatic rings. The summed E-state index contributed by atoms with van der Waals surface area (Å²) in [5.74, 6) is -3.31.